The van der Waals surface area contributed by atoms with Crippen LogP contribution in [0.3, 0.4) is 0 Å². The summed E-state index contributed by atoms with van der Waals surface area (Å²) in [4.78, 5) is 2.30. The molecule has 1 aliphatic rings. The average molecular weight is 276 g/mol. The molecule has 6 heteroatoms. The third-order valence-corrected chi connectivity index (χ3v) is 4.33. The molecule has 0 spiro atoms. The summed E-state index contributed by atoms with van der Waals surface area (Å²) in [5.41, 5.74) is 0.994. The first-order valence-corrected chi connectivity index (χ1v) is 7.64. The highest BCUT2D eigenvalue weighted by Crippen LogP contribution is 2.24. The van der Waals surface area contributed by atoms with E-state index in [4.69, 9.17) is 15.4 Å². The van der Waals surface area contributed by atoms with Gasteiger partial charge in [0.2, 0.25) is 0 Å². The van der Waals surface area contributed by atoms with Gasteiger partial charge in [-0.05, 0) is 30.7 Å². The maximum atomic E-state index is 11.1. The van der Waals surface area contributed by atoms with Gasteiger partial charge in [0.15, 0.2) is 0 Å². The molecule has 0 saturated carbocycles. The number of ether oxygens (including phenoxy) is 1. The molecular weight excluding hydrogens is 262 g/mol. The fraction of sp³-hybridized carbons (Fsp3) is 0.455. The lowest BCUT2D eigenvalue weighted by molar-refractivity contribution is 0.121. The van der Waals surface area contributed by atoms with Crippen LogP contribution in [-0.2, 0) is 13.8 Å². The van der Waals surface area contributed by atoms with Crippen molar-refractivity contribution in [3.63, 3.8) is 0 Å². The van der Waals surface area contributed by atoms with Gasteiger partial charge in [-0.2, -0.15) is 0 Å². The van der Waals surface area contributed by atoms with E-state index in [1.165, 1.54) is 12.1 Å². The number of nitrogens with zero attached hydrogens (tertiary/aromatic N) is 1. The van der Waals surface area contributed by atoms with Crippen molar-refractivity contribution in [1.29, 1.82) is 0 Å². The Morgan fingerprint density at radius 3 is 2.47 bits per heavy atom. The number of hydrogen-bond acceptors (Lipinski definition) is 4. The molecule has 2 rings (SSSR count). The van der Waals surface area contributed by atoms with Crippen molar-refractivity contribution in [3.8, 4) is 0 Å². The number of benzene rings is 1. The Balaban J connectivity index is 2.14. The Morgan fingerprint density at radius 2 is 2.00 bits per heavy atom. The molecular formula is C11H14ClNO3S. The van der Waals surface area contributed by atoms with Gasteiger partial charge in [-0.15, -0.1) is 0 Å². The lowest BCUT2D eigenvalue weighted by atomic mass is 10.3. The topological polar surface area (TPSA) is 46.6 Å². The Hall–Kier alpha value is -0.780. The first kappa shape index (κ1) is 12.7. The van der Waals surface area contributed by atoms with Gasteiger partial charge < -0.3 is 9.64 Å². The zero-order valence-corrected chi connectivity index (χ0v) is 11.0. The van der Waals surface area contributed by atoms with Crippen LogP contribution < -0.4 is 4.90 Å². The summed E-state index contributed by atoms with van der Waals surface area (Å²) in [7, 11) is 3.33. The van der Waals surface area contributed by atoms with Crippen LogP contribution in [0.2, 0.25) is 0 Å². The van der Waals surface area contributed by atoms with Crippen molar-refractivity contribution in [2.75, 3.05) is 25.1 Å². The zero-order chi connectivity index (χ0) is 12.5. The van der Waals surface area contributed by atoms with Crippen molar-refractivity contribution < 1.29 is 13.2 Å². The summed E-state index contributed by atoms with van der Waals surface area (Å²) < 4.78 is 27.5. The maximum absolute atomic E-state index is 11.1. The van der Waals surface area contributed by atoms with Crippen molar-refractivity contribution in [3.05, 3.63) is 24.3 Å². The van der Waals surface area contributed by atoms with E-state index in [0.717, 1.165) is 25.2 Å². The van der Waals surface area contributed by atoms with Crippen molar-refractivity contribution in [2.24, 2.45) is 0 Å². The van der Waals surface area contributed by atoms with Crippen LogP contribution in [0.4, 0.5) is 5.69 Å². The molecule has 1 fully saturated rings. The number of methoxy groups -OCH3 is 1. The third kappa shape index (κ3) is 2.91. The molecule has 1 aromatic rings. The summed E-state index contributed by atoms with van der Waals surface area (Å²) >= 11 is 0. The second-order valence-corrected chi connectivity index (χ2v) is 6.59. The van der Waals surface area contributed by atoms with Crippen LogP contribution in [0, 0.1) is 0 Å². The number of halogens is 1. The van der Waals surface area contributed by atoms with Crippen LogP contribution in [0.15, 0.2) is 29.2 Å². The Morgan fingerprint density at radius 1 is 1.35 bits per heavy atom. The van der Waals surface area contributed by atoms with E-state index in [1.54, 1.807) is 19.2 Å². The molecule has 1 atom stereocenters. The van der Waals surface area contributed by atoms with Crippen LogP contribution in [0.1, 0.15) is 6.42 Å². The summed E-state index contributed by atoms with van der Waals surface area (Å²) in [6, 6.07) is 6.59. The van der Waals surface area contributed by atoms with Gasteiger partial charge in [0, 0.05) is 36.6 Å². The lowest BCUT2D eigenvalue weighted by Crippen LogP contribution is -2.22. The molecule has 1 aromatic carbocycles. The molecule has 1 saturated heterocycles. The smallest absolute Gasteiger partial charge is 0.261 e. The van der Waals surface area contributed by atoms with Gasteiger partial charge in [-0.3, -0.25) is 0 Å². The van der Waals surface area contributed by atoms with Gasteiger partial charge in [0.1, 0.15) is 0 Å². The van der Waals surface area contributed by atoms with E-state index in [0.29, 0.717) is 0 Å². The van der Waals surface area contributed by atoms with Gasteiger partial charge >= 0.3 is 0 Å². The molecule has 0 amide bonds. The Labute approximate surface area is 106 Å². The minimum absolute atomic E-state index is 0.130. The van der Waals surface area contributed by atoms with Crippen molar-refractivity contribution >= 4 is 25.4 Å². The molecule has 0 bridgehead atoms. The van der Waals surface area contributed by atoms with E-state index < -0.39 is 9.05 Å². The normalized spacial score (nSPS) is 20.8. The predicted molar refractivity (Wildman–Crippen MR) is 67.1 cm³/mol. The molecule has 17 heavy (non-hydrogen) atoms. The number of anilines is 1. The predicted octanol–water partition coefficient (Wildman–Crippen LogP) is 1.84. The molecule has 1 unspecified atom stereocenters. The first-order valence-electron chi connectivity index (χ1n) is 5.33. The standard InChI is InChI=1S/C11H14ClNO3S/c1-16-10-6-7-13(8-10)9-2-4-11(5-3-9)17(12,14)15/h2-5,10H,6-8H2,1H3. The third-order valence-electron chi connectivity index (χ3n) is 2.96. The zero-order valence-electron chi connectivity index (χ0n) is 9.47. The number of hydrogen-bond donors (Lipinski definition) is 0. The SMILES string of the molecule is COC1CCN(c2ccc(S(=O)(=O)Cl)cc2)C1. The van der Waals surface area contributed by atoms with E-state index >= 15 is 0 Å². The quantitative estimate of drug-likeness (QED) is 0.790. The summed E-state index contributed by atoms with van der Waals surface area (Å²) in [6.07, 6.45) is 1.25. The average Bonchev–Trinajstić information content (AvgIpc) is 2.76. The highest BCUT2D eigenvalue weighted by Gasteiger charge is 2.22. The van der Waals surface area contributed by atoms with Gasteiger partial charge in [-0.1, -0.05) is 0 Å². The fourth-order valence-electron chi connectivity index (χ4n) is 1.97. The van der Waals surface area contributed by atoms with Crippen LogP contribution in [-0.4, -0.2) is 34.7 Å². The summed E-state index contributed by atoms with van der Waals surface area (Å²) in [5, 5.41) is 0. The molecule has 1 aliphatic heterocycles. The minimum atomic E-state index is -3.63. The van der Waals surface area contributed by atoms with Crippen molar-refractivity contribution in [1.82, 2.24) is 0 Å². The van der Waals surface area contributed by atoms with Crippen LogP contribution in [0.5, 0.6) is 0 Å². The largest absolute Gasteiger partial charge is 0.380 e. The minimum Gasteiger partial charge on any atom is -0.380 e. The van der Waals surface area contributed by atoms with Crippen LogP contribution in [0.25, 0.3) is 0 Å². The van der Waals surface area contributed by atoms with Gasteiger partial charge in [0.05, 0.1) is 11.0 Å². The monoisotopic (exact) mass is 275 g/mol. The van der Waals surface area contributed by atoms with Gasteiger partial charge in [0.25, 0.3) is 9.05 Å². The summed E-state index contributed by atoms with van der Waals surface area (Å²) in [6.45, 7) is 1.76. The maximum Gasteiger partial charge on any atom is 0.261 e. The highest BCUT2D eigenvalue weighted by molar-refractivity contribution is 8.13. The summed E-state index contributed by atoms with van der Waals surface area (Å²) in [5.74, 6) is 0. The van der Waals surface area contributed by atoms with Crippen LogP contribution >= 0.6 is 10.7 Å². The Kier molecular flexibility index (Phi) is 3.61. The highest BCUT2D eigenvalue weighted by atomic mass is 35.7. The lowest BCUT2D eigenvalue weighted by Gasteiger charge is -2.18. The molecule has 0 N–H and O–H groups in total. The fourth-order valence-corrected chi connectivity index (χ4v) is 2.74. The molecule has 1 heterocycles. The first-order chi connectivity index (χ1) is 8.00. The number of rotatable bonds is 3. The second kappa shape index (κ2) is 4.84. The van der Waals surface area contributed by atoms with Gasteiger partial charge in [-0.25, -0.2) is 8.42 Å². The molecule has 0 aromatic heterocycles. The molecule has 0 aliphatic carbocycles. The Bertz CT molecular complexity index is 486. The van der Waals surface area contributed by atoms with E-state index in [1.807, 2.05) is 0 Å². The van der Waals surface area contributed by atoms with E-state index in [2.05, 4.69) is 4.90 Å². The molecule has 94 valence electrons. The second-order valence-electron chi connectivity index (χ2n) is 4.02. The van der Waals surface area contributed by atoms with E-state index in [-0.39, 0.29) is 11.0 Å². The van der Waals surface area contributed by atoms with E-state index in [9.17, 15) is 8.42 Å². The molecule has 0 radical (unpaired) electrons. The van der Waals surface area contributed by atoms with Crippen molar-refractivity contribution in [2.45, 2.75) is 17.4 Å². The molecule has 4 nitrogen and oxygen atoms in total.